The van der Waals surface area contributed by atoms with Crippen molar-refractivity contribution in [3.63, 3.8) is 0 Å². The number of aromatic nitrogens is 4. The van der Waals surface area contributed by atoms with Crippen molar-refractivity contribution in [2.45, 2.75) is 19.0 Å². The van der Waals surface area contributed by atoms with Gasteiger partial charge in [0.2, 0.25) is 11.7 Å². The van der Waals surface area contributed by atoms with Crippen LogP contribution in [-0.4, -0.2) is 44.1 Å². The monoisotopic (exact) mass is 246 g/mol. The van der Waals surface area contributed by atoms with Gasteiger partial charge in [-0.25, -0.2) is 4.98 Å². The fourth-order valence-electron chi connectivity index (χ4n) is 2.04. The molecule has 94 valence electrons. The fourth-order valence-corrected chi connectivity index (χ4v) is 2.04. The zero-order valence-corrected chi connectivity index (χ0v) is 9.86. The number of rotatable bonds is 3. The van der Waals surface area contributed by atoms with Crippen molar-refractivity contribution in [1.82, 2.24) is 25.0 Å². The van der Waals surface area contributed by atoms with Crippen molar-refractivity contribution >= 4 is 0 Å². The Morgan fingerprint density at radius 3 is 3.11 bits per heavy atom. The van der Waals surface area contributed by atoms with E-state index in [1.165, 1.54) is 0 Å². The van der Waals surface area contributed by atoms with Gasteiger partial charge in [0.05, 0.1) is 12.7 Å². The Balaban J connectivity index is 1.70. The molecule has 0 aliphatic carbocycles. The lowest BCUT2D eigenvalue weighted by Crippen LogP contribution is -2.26. The number of nitrogens with two attached hydrogens (primary N) is 1. The molecule has 1 fully saturated rings. The van der Waals surface area contributed by atoms with Gasteiger partial charge in [-0.1, -0.05) is 5.16 Å². The first-order chi connectivity index (χ1) is 8.81. The predicted octanol–water partition coefficient (Wildman–Crippen LogP) is 0.0596. The summed E-state index contributed by atoms with van der Waals surface area (Å²) in [5.41, 5.74) is 6.46. The Kier molecular flexibility index (Phi) is 2.99. The van der Waals surface area contributed by atoms with E-state index < -0.39 is 0 Å². The van der Waals surface area contributed by atoms with E-state index in [-0.39, 0.29) is 6.04 Å². The molecule has 1 saturated heterocycles. The topological polar surface area (TPSA) is 94.0 Å². The van der Waals surface area contributed by atoms with Gasteiger partial charge in [0.1, 0.15) is 5.69 Å². The largest absolute Gasteiger partial charge is 0.337 e. The summed E-state index contributed by atoms with van der Waals surface area (Å²) in [6.07, 6.45) is 5.84. The van der Waals surface area contributed by atoms with E-state index in [1.807, 2.05) is 0 Å². The lowest BCUT2D eigenvalue weighted by atomic mass is 10.3. The van der Waals surface area contributed by atoms with E-state index in [9.17, 15) is 0 Å². The lowest BCUT2D eigenvalue weighted by molar-refractivity contribution is 0.265. The fraction of sp³-hybridized carbons (Fsp3) is 0.455. The van der Waals surface area contributed by atoms with Crippen LogP contribution in [0.3, 0.4) is 0 Å². The molecule has 0 saturated carbocycles. The van der Waals surface area contributed by atoms with Crippen molar-refractivity contribution in [2.75, 3.05) is 13.1 Å². The van der Waals surface area contributed by atoms with Crippen LogP contribution in [0, 0.1) is 0 Å². The molecule has 7 nitrogen and oxygen atoms in total. The van der Waals surface area contributed by atoms with Gasteiger partial charge in [-0.2, -0.15) is 4.98 Å². The normalized spacial score (nSPS) is 20.4. The van der Waals surface area contributed by atoms with Crippen molar-refractivity contribution in [3.05, 3.63) is 24.5 Å². The number of likely N-dealkylation sites (tertiary alicyclic amines) is 1. The number of hydrogen-bond acceptors (Lipinski definition) is 7. The zero-order valence-electron chi connectivity index (χ0n) is 9.86. The summed E-state index contributed by atoms with van der Waals surface area (Å²) in [6.45, 7) is 2.49. The third-order valence-corrected chi connectivity index (χ3v) is 2.93. The SMILES string of the molecule is NC1CCN(Cc2nc(-c3cnccn3)no2)C1. The van der Waals surface area contributed by atoms with E-state index in [1.54, 1.807) is 18.6 Å². The first-order valence-electron chi connectivity index (χ1n) is 5.88. The number of hydrogen-bond donors (Lipinski definition) is 1. The van der Waals surface area contributed by atoms with Crippen LogP contribution < -0.4 is 5.73 Å². The molecule has 0 spiro atoms. The molecule has 0 aromatic carbocycles. The van der Waals surface area contributed by atoms with Crippen LogP contribution in [0.25, 0.3) is 11.5 Å². The van der Waals surface area contributed by atoms with Crippen LogP contribution in [0.1, 0.15) is 12.3 Å². The Bertz CT molecular complexity index is 513. The van der Waals surface area contributed by atoms with E-state index in [0.29, 0.717) is 24.0 Å². The summed E-state index contributed by atoms with van der Waals surface area (Å²) in [5.74, 6) is 1.06. The molecular weight excluding hydrogens is 232 g/mol. The summed E-state index contributed by atoms with van der Waals surface area (Å²) in [6, 6.07) is 0.257. The van der Waals surface area contributed by atoms with Gasteiger partial charge in [0.15, 0.2) is 0 Å². The number of nitrogens with zero attached hydrogens (tertiary/aromatic N) is 5. The molecule has 18 heavy (non-hydrogen) atoms. The maximum atomic E-state index is 5.85. The first kappa shape index (κ1) is 11.2. The maximum absolute atomic E-state index is 5.85. The van der Waals surface area contributed by atoms with Crippen molar-refractivity contribution in [2.24, 2.45) is 5.73 Å². The molecule has 0 amide bonds. The van der Waals surface area contributed by atoms with E-state index in [2.05, 4.69) is 25.0 Å². The lowest BCUT2D eigenvalue weighted by Gasteiger charge is -2.10. The third-order valence-electron chi connectivity index (χ3n) is 2.93. The van der Waals surface area contributed by atoms with Gasteiger partial charge in [0.25, 0.3) is 0 Å². The van der Waals surface area contributed by atoms with E-state index >= 15 is 0 Å². The van der Waals surface area contributed by atoms with Crippen LogP contribution in [0.15, 0.2) is 23.1 Å². The molecule has 2 aromatic rings. The maximum Gasteiger partial charge on any atom is 0.241 e. The third kappa shape index (κ3) is 2.36. The van der Waals surface area contributed by atoms with Crippen molar-refractivity contribution < 1.29 is 4.52 Å². The predicted molar refractivity (Wildman–Crippen MR) is 63.2 cm³/mol. The van der Waals surface area contributed by atoms with Crippen molar-refractivity contribution in [1.29, 1.82) is 0 Å². The molecule has 1 unspecified atom stereocenters. The minimum Gasteiger partial charge on any atom is -0.337 e. The molecule has 0 radical (unpaired) electrons. The highest BCUT2D eigenvalue weighted by Crippen LogP contribution is 2.14. The molecular formula is C11H14N6O. The average molecular weight is 246 g/mol. The molecule has 7 heteroatoms. The molecule has 1 aliphatic rings. The smallest absolute Gasteiger partial charge is 0.241 e. The standard InChI is InChI=1S/C11H14N6O/c12-8-1-4-17(6-8)7-10-15-11(16-18-10)9-5-13-2-3-14-9/h2-3,5,8H,1,4,6-7,12H2. The molecule has 2 N–H and O–H groups in total. The average Bonchev–Trinajstić information content (AvgIpc) is 3.01. The van der Waals surface area contributed by atoms with Gasteiger partial charge in [0, 0.05) is 31.5 Å². The molecule has 1 aliphatic heterocycles. The van der Waals surface area contributed by atoms with E-state index in [4.69, 9.17) is 10.3 Å². The minimum absolute atomic E-state index is 0.257. The highest BCUT2D eigenvalue weighted by molar-refractivity contribution is 5.45. The first-order valence-corrected chi connectivity index (χ1v) is 5.88. The molecule has 0 bridgehead atoms. The molecule has 3 rings (SSSR count). The van der Waals surface area contributed by atoms with E-state index in [0.717, 1.165) is 19.5 Å². The van der Waals surface area contributed by atoms with Crippen LogP contribution >= 0.6 is 0 Å². The van der Waals surface area contributed by atoms with Crippen LogP contribution in [-0.2, 0) is 6.54 Å². The quantitative estimate of drug-likeness (QED) is 0.818. The second-order valence-electron chi connectivity index (χ2n) is 4.39. The Morgan fingerprint density at radius 1 is 1.44 bits per heavy atom. The minimum atomic E-state index is 0.257. The summed E-state index contributed by atoms with van der Waals surface area (Å²) >= 11 is 0. The second kappa shape index (κ2) is 4.79. The van der Waals surface area contributed by atoms with Gasteiger partial charge in [-0.3, -0.25) is 9.88 Å². The molecule has 2 aromatic heterocycles. The Labute approximate surface area is 104 Å². The van der Waals surface area contributed by atoms with Crippen LogP contribution in [0.4, 0.5) is 0 Å². The summed E-state index contributed by atoms with van der Waals surface area (Å²) in [5, 5.41) is 3.90. The van der Waals surface area contributed by atoms with Gasteiger partial charge < -0.3 is 10.3 Å². The highest BCUT2D eigenvalue weighted by atomic mass is 16.5. The van der Waals surface area contributed by atoms with Gasteiger partial charge in [-0.05, 0) is 6.42 Å². The summed E-state index contributed by atoms with van der Waals surface area (Å²) in [4.78, 5) is 14.6. The Hall–Kier alpha value is -1.86. The van der Waals surface area contributed by atoms with Crippen LogP contribution in [0.2, 0.25) is 0 Å². The molecule has 3 heterocycles. The van der Waals surface area contributed by atoms with Crippen molar-refractivity contribution in [3.8, 4) is 11.5 Å². The summed E-state index contributed by atoms with van der Waals surface area (Å²) in [7, 11) is 0. The van der Waals surface area contributed by atoms with Crippen LogP contribution in [0.5, 0.6) is 0 Å². The molecule has 1 atom stereocenters. The zero-order chi connectivity index (χ0) is 12.4. The van der Waals surface area contributed by atoms with Gasteiger partial charge in [-0.15, -0.1) is 0 Å². The highest BCUT2D eigenvalue weighted by Gasteiger charge is 2.21. The Morgan fingerprint density at radius 2 is 2.39 bits per heavy atom. The summed E-state index contributed by atoms with van der Waals surface area (Å²) < 4.78 is 5.20. The van der Waals surface area contributed by atoms with Gasteiger partial charge >= 0.3 is 0 Å². The second-order valence-corrected chi connectivity index (χ2v) is 4.39.